The van der Waals surface area contributed by atoms with Gasteiger partial charge in [0.05, 0.1) is 28.8 Å². The third-order valence-electron chi connectivity index (χ3n) is 6.86. The summed E-state index contributed by atoms with van der Waals surface area (Å²) in [4.78, 5) is 40.2. The van der Waals surface area contributed by atoms with Crippen LogP contribution in [0.4, 0.5) is 24.5 Å². The van der Waals surface area contributed by atoms with Gasteiger partial charge in [0.1, 0.15) is 0 Å². The molecule has 5 rings (SSSR count). The van der Waals surface area contributed by atoms with E-state index in [4.69, 9.17) is 0 Å². The quantitative estimate of drug-likeness (QED) is 0.396. The Morgan fingerprint density at radius 2 is 1.45 bits per heavy atom. The van der Waals surface area contributed by atoms with E-state index in [9.17, 15) is 27.6 Å². The van der Waals surface area contributed by atoms with E-state index in [0.29, 0.717) is 5.69 Å². The number of carbonyl (C=O) groups excluding carboxylic acids is 3. The summed E-state index contributed by atoms with van der Waals surface area (Å²) in [7, 11) is 0. The first-order valence-electron chi connectivity index (χ1n) is 10.3. The molecule has 3 amide bonds. The number of nitrogens with zero attached hydrogens (tertiary/aromatic N) is 1. The van der Waals surface area contributed by atoms with Gasteiger partial charge < -0.3 is 5.32 Å². The van der Waals surface area contributed by atoms with E-state index in [1.807, 2.05) is 0 Å². The van der Waals surface area contributed by atoms with E-state index in [2.05, 4.69) is 37.2 Å². The summed E-state index contributed by atoms with van der Waals surface area (Å²) in [6.45, 7) is 0. The Morgan fingerprint density at radius 1 is 0.909 bits per heavy atom. The van der Waals surface area contributed by atoms with Crippen LogP contribution in [-0.2, 0) is 15.8 Å². The molecule has 172 valence electrons. The van der Waals surface area contributed by atoms with Crippen molar-refractivity contribution in [3.8, 4) is 0 Å². The van der Waals surface area contributed by atoms with Crippen LogP contribution >= 0.6 is 31.9 Å². The minimum absolute atomic E-state index is 0.0876. The van der Waals surface area contributed by atoms with Crippen molar-refractivity contribution in [3.05, 3.63) is 59.7 Å². The number of alkyl halides is 5. The minimum Gasteiger partial charge on any atom is -0.321 e. The fourth-order valence-corrected chi connectivity index (χ4v) is 7.27. The molecule has 10 heteroatoms. The molecule has 2 aliphatic carbocycles. The predicted molar refractivity (Wildman–Crippen MR) is 122 cm³/mol. The Balaban J connectivity index is 1.35. The van der Waals surface area contributed by atoms with Gasteiger partial charge in [-0.3, -0.25) is 19.3 Å². The zero-order valence-electron chi connectivity index (χ0n) is 16.9. The summed E-state index contributed by atoms with van der Waals surface area (Å²) >= 11 is 7.29. The zero-order chi connectivity index (χ0) is 23.7. The Kier molecular flexibility index (Phi) is 5.43. The molecule has 0 spiro atoms. The third kappa shape index (κ3) is 3.53. The van der Waals surface area contributed by atoms with Crippen molar-refractivity contribution in [2.24, 2.45) is 23.7 Å². The van der Waals surface area contributed by atoms with Gasteiger partial charge in [-0.2, -0.15) is 13.2 Å². The second-order valence-electron chi connectivity index (χ2n) is 8.56. The maximum Gasteiger partial charge on any atom is 0.418 e. The maximum atomic E-state index is 13.2. The zero-order valence-corrected chi connectivity index (χ0v) is 20.0. The molecule has 6 atom stereocenters. The number of carbonyl (C=O) groups is 3. The summed E-state index contributed by atoms with van der Waals surface area (Å²) in [5, 5.41) is 2.29. The molecule has 0 radical (unpaired) electrons. The first kappa shape index (κ1) is 22.6. The van der Waals surface area contributed by atoms with Crippen LogP contribution in [0, 0.1) is 23.7 Å². The maximum absolute atomic E-state index is 13.2. The van der Waals surface area contributed by atoms with Crippen molar-refractivity contribution in [1.29, 1.82) is 0 Å². The summed E-state index contributed by atoms with van der Waals surface area (Å²) in [6, 6.07) is 10.4. The van der Waals surface area contributed by atoms with E-state index in [0.717, 1.165) is 12.5 Å². The highest BCUT2D eigenvalue weighted by atomic mass is 79.9. The van der Waals surface area contributed by atoms with Gasteiger partial charge >= 0.3 is 6.18 Å². The van der Waals surface area contributed by atoms with E-state index >= 15 is 0 Å². The van der Waals surface area contributed by atoms with E-state index in [1.165, 1.54) is 47.4 Å². The highest BCUT2D eigenvalue weighted by Gasteiger charge is 2.66. The van der Waals surface area contributed by atoms with E-state index < -0.39 is 17.6 Å². The molecule has 2 bridgehead atoms. The molecule has 5 nitrogen and oxygen atoms in total. The average molecular weight is 586 g/mol. The summed E-state index contributed by atoms with van der Waals surface area (Å²) in [6.07, 6.45) is -3.78. The number of benzene rings is 2. The molecule has 2 aromatic rings. The number of anilines is 2. The van der Waals surface area contributed by atoms with Crippen molar-refractivity contribution in [1.82, 2.24) is 0 Å². The third-order valence-corrected chi connectivity index (χ3v) is 10.1. The fourth-order valence-electron chi connectivity index (χ4n) is 5.40. The summed E-state index contributed by atoms with van der Waals surface area (Å²) in [5.41, 5.74) is -0.833. The molecular formula is C23H17Br2F3N2O3. The number of hydrogen-bond acceptors (Lipinski definition) is 3. The van der Waals surface area contributed by atoms with E-state index in [-0.39, 0.29) is 56.4 Å². The fraction of sp³-hybridized carbons (Fsp3) is 0.348. The molecule has 0 aromatic heterocycles. The van der Waals surface area contributed by atoms with Crippen molar-refractivity contribution >= 4 is 61.0 Å². The lowest BCUT2D eigenvalue weighted by Gasteiger charge is -2.28. The van der Waals surface area contributed by atoms with Gasteiger partial charge in [0.15, 0.2) is 0 Å². The number of para-hydroxylation sites is 1. The van der Waals surface area contributed by atoms with Gasteiger partial charge in [-0.05, 0) is 54.7 Å². The molecule has 33 heavy (non-hydrogen) atoms. The lowest BCUT2D eigenvalue weighted by atomic mass is 9.81. The molecule has 3 aliphatic rings. The normalized spacial score (nSPS) is 30.6. The van der Waals surface area contributed by atoms with Crippen LogP contribution in [0.15, 0.2) is 48.5 Å². The Morgan fingerprint density at radius 3 is 2.00 bits per heavy atom. The largest absolute Gasteiger partial charge is 0.418 e. The SMILES string of the molecule is O=C(Nc1ccccc1C(F)(F)F)c1ccc(N2C(=O)[C@@H]3[C@H]4C[C@@H]([C@@H](Br)[C@H]4Br)[C@H]3C2=O)cc1. The van der Waals surface area contributed by atoms with Crippen molar-refractivity contribution in [2.45, 2.75) is 22.3 Å². The molecule has 1 saturated heterocycles. The molecular weight excluding hydrogens is 569 g/mol. The van der Waals surface area contributed by atoms with Gasteiger partial charge in [-0.15, -0.1) is 0 Å². The van der Waals surface area contributed by atoms with Crippen LogP contribution in [0.2, 0.25) is 0 Å². The molecule has 2 saturated carbocycles. The van der Waals surface area contributed by atoms with Crippen LogP contribution in [0.3, 0.4) is 0 Å². The molecule has 1 N–H and O–H groups in total. The van der Waals surface area contributed by atoms with Crippen molar-refractivity contribution in [3.63, 3.8) is 0 Å². The second kappa shape index (κ2) is 7.94. The molecule has 1 heterocycles. The number of halogens is 5. The first-order chi connectivity index (χ1) is 15.6. The van der Waals surface area contributed by atoms with Crippen LogP contribution in [0.1, 0.15) is 22.3 Å². The highest BCUT2D eigenvalue weighted by molar-refractivity contribution is 9.12. The molecule has 3 fully saturated rings. The smallest absolute Gasteiger partial charge is 0.321 e. The van der Waals surface area contributed by atoms with Crippen LogP contribution in [0.25, 0.3) is 0 Å². The van der Waals surface area contributed by atoms with Gasteiger partial charge in [-0.25, -0.2) is 0 Å². The predicted octanol–water partition coefficient (Wildman–Crippen LogP) is 5.24. The van der Waals surface area contributed by atoms with Crippen LogP contribution in [-0.4, -0.2) is 27.4 Å². The van der Waals surface area contributed by atoms with Crippen molar-refractivity contribution < 1.29 is 27.6 Å². The van der Waals surface area contributed by atoms with Crippen molar-refractivity contribution in [2.75, 3.05) is 10.2 Å². The lowest BCUT2D eigenvalue weighted by molar-refractivity contribution is -0.137. The Hall–Kier alpha value is -2.20. The molecule has 0 unspecified atom stereocenters. The highest BCUT2D eigenvalue weighted by Crippen LogP contribution is 2.60. The van der Waals surface area contributed by atoms with Gasteiger partial charge in [0, 0.05) is 15.2 Å². The second-order valence-corrected chi connectivity index (χ2v) is 10.7. The van der Waals surface area contributed by atoms with E-state index in [1.54, 1.807) is 0 Å². The van der Waals surface area contributed by atoms with Crippen LogP contribution in [0.5, 0.6) is 0 Å². The Bertz CT molecular complexity index is 1120. The number of nitrogens with one attached hydrogen (secondary N) is 1. The minimum atomic E-state index is -4.61. The molecule has 1 aliphatic heterocycles. The van der Waals surface area contributed by atoms with Gasteiger partial charge in [0.2, 0.25) is 11.8 Å². The summed E-state index contributed by atoms with van der Waals surface area (Å²) < 4.78 is 39.5. The average Bonchev–Trinajstić information content (AvgIpc) is 3.38. The topological polar surface area (TPSA) is 66.5 Å². The number of hydrogen-bond donors (Lipinski definition) is 1. The lowest BCUT2D eigenvalue weighted by Crippen LogP contribution is -2.37. The molecule has 2 aromatic carbocycles. The standard InChI is InChI=1S/C23H17Br2F3N2O3/c24-18-12-9-13(19(18)25)17-16(12)21(32)30(22(17)33)11-7-5-10(6-8-11)20(31)29-15-4-2-1-3-14(15)23(26,27)28/h1-8,12-13,16-19H,9H2,(H,29,31)/t12-,13-,16-,17-,18-,19+/m1/s1. The Labute approximate surface area is 204 Å². The van der Waals surface area contributed by atoms with Gasteiger partial charge in [-0.1, -0.05) is 44.0 Å². The number of amides is 3. The summed E-state index contributed by atoms with van der Waals surface area (Å²) in [5.74, 6) is -1.74. The number of rotatable bonds is 3. The first-order valence-corrected chi connectivity index (χ1v) is 12.2. The van der Waals surface area contributed by atoms with Crippen LogP contribution < -0.4 is 10.2 Å². The monoisotopic (exact) mass is 584 g/mol. The number of fused-ring (bicyclic) bond motifs is 5. The number of imide groups is 1. The van der Waals surface area contributed by atoms with Gasteiger partial charge in [0.25, 0.3) is 5.91 Å².